The van der Waals surface area contributed by atoms with Gasteiger partial charge in [0.1, 0.15) is 0 Å². The molecule has 5 nitrogen and oxygen atoms in total. The molecule has 5 heteroatoms. The van der Waals surface area contributed by atoms with Crippen LogP contribution in [0.25, 0.3) is 28.2 Å². The predicted molar refractivity (Wildman–Crippen MR) is 84.9 cm³/mol. The van der Waals surface area contributed by atoms with Crippen LogP contribution in [-0.2, 0) is 13.5 Å². The molecule has 3 aromatic heterocycles. The highest BCUT2D eigenvalue weighted by Crippen LogP contribution is 2.28. The first-order chi connectivity index (χ1) is 10.8. The fourth-order valence-corrected chi connectivity index (χ4v) is 2.76. The number of nitrogens with zero attached hydrogens (tertiary/aromatic N) is 4. The fourth-order valence-electron chi connectivity index (χ4n) is 2.76. The van der Waals surface area contributed by atoms with E-state index in [9.17, 15) is 0 Å². The highest BCUT2D eigenvalue weighted by molar-refractivity contribution is 5.89. The Hall–Kier alpha value is -2.82. The van der Waals surface area contributed by atoms with Crippen molar-refractivity contribution in [2.45, 2.75) is 13.3 Å². The Morgan fingerprint density at radius 2 is 2.09 bits per heavy atom. The molecule has 0 aliphatic rings. The van der Waals surface area contributed by atoms with Gasteiger partial charge in [0.05, 0.1) is 11.4 Å². The first-order valence-corrected chi connectivity index (χ1v) is 7.31. The van der Waals surface area contributed by atoms with Gasteiger partial charge in [-0.1, -0.05) is 18.1 Å². The van der Waals surface area contributed by atoms with Crippen LogP contribution in [0, 0.1) is 0 Å². The maximum atomic E-state index is 5.44. The number of fused-ring (bicyclic) bond motifs is 1. The second-order valence-electron chi connectivity index (χ2n) is 5.29. The molecule has 0 amide bonds. The Labute approximate surface area is 127 Å². The molecule has 0 unspecified atom stereocenters. The van der Waals surface area contributed by atoms with Crippen LogP contribution in [0.3, 0.4) is 0 Å². The zero-order valence-corrected chi connectivity index (χ0v) is 12.5. The highest BCUT2D eigenvalue weighted by Gasteiger charge is 2.15. The molecule has 0 N–H and O–H groups in total. The summed E-state index contributed by atoms with van der Waals surface area (Å²) in [5.74, 6) is 1.46. The highest BCUT2D eigenvalue weighted by atomic mass is 16.5. The Bertz CT molecular complexity index is 945. The summed E-state index contributed by atoms with van der Waals surface area (Å²) < 4.78 is 9.59. The van der Waals surface area contributed by atoms with E-state index in [1.54, 1.807) is 6.20 Å². The molecule has 0 radical (unpaired) electrons. The number of imidazole rings is 1. The fraction of sp³-hybridized carbons (Fsp3) is 0.176. The molecule has 4 rings (SSSR count). The predicted octanol–water partition coefficient (Wildman–Crippen LogP) is 3.58. The average Bonchev–Trinajstić information content (AvgIpc) is 3.25. The van der Waals surface area contributed by atoms with Crippen LogP contribution in [0.5, 0.6) is 0 Å². The lowest BCUT2D eigenvalue weighted by atomic mass is 10.2. The minimum Gasteiger partial charge on any atom is -0.353 e. The molecular formula is C17H16N4O. The van der Waals surface area contributed by atoms with Crippen LogP contribution in [-0.4, -0.2) is 19.3 Å². The van der Waals surface area contributed by atoms with E-state index >= 15 is 0 Å². The topological polar surface area (TPSA) is 48.8 Å². The molecule has 0 saturated carbocycles. The van der Waals surface area contributed by atoms with Crippen LogP contribution in [0.15, 0.2) is 53.4 Å². The van der Waals surface area contributed by atoms with E-state index in [1.165, 1.54) is 10.9 Å². The summed E-state index contributed by atoms with van der Waals surface area (Å²) >= 11 is 0. The van der Waals surface area contributed by atoms with Crippen LogP contribution < -0.4 is 0 Å². The number of hydrogen-bond donors (Lipinski definition) is 0. The molecule has 0 spiro atoms. The largest absolute Gasteiger partial charge is 0.353 e. The van der Waals surface area contributed by atoms with E-state index in [-0.39, 0.29) is 0 Å². The summed E-state index contributed by atoms with van der Waals surface area (Å²) in [5, 5.41) is 5.24. The molecule has 0 fully saturated rings. The third kappa shape index (κ3) is 1.86. The van der Waals surface area contributed by atoms with Crippen molar-refractivity contribution >= 4 is 10.9 Å². The first kappa shape index (κ1) is 12.9. The van der Waals surface area contributed by atoms with E-state index in [2.05, 4.69) is 52.1 Å². The van der Waals surface area contributed by atoms with Gasteiger partial charge < -0.3 is 9.09 Å². The van der Waals surface area contributed by atoms with Crippen molar-refractivity contribution in [2.75, 3.05) is 0 Å². The molecule has 0 saturated heterocycles. The maximum absolute atomic E-state index is 5.44. The zero-order chi connectivity index (χ0) is 15.1. The molecule has 4 aromatic rings. The molecule has 0 bridgehead atoms. The van der Waals surface area contributed by atoms with Crippen molar-refractivity contribution in [3.63, 3.8) is 0 Å². The molecule has 3 heterocycles. The van der Waals surface area contributed by atoms with E-state index in [1.807, 2.05) is 23.9 Å². The van der Waals surface area contributed by atoms with Crippen molar-refractivity contribution in [1.82, 2.24) is 19.3 Å². The van der Waals surface area contributed by atoms with Crippen molar-refractivity contribution in [1.29, 1.82) is 0 Å². The Morgan fingerprint density at radius 1 is 1.18 bits per heavy atom. The van der Waals surface area contributed by atoms with E-state index < -0.39 is 0 Å². The SMILES string of the molecule is CCc1cc(-c2nccn2-c2cccc3c2ccn3C)on1. The monoisotopic (exact) mass is 292 g/mol. The summed E-state index contributed by atoms with van der Waals surface area (Å²) in [4.78, 5) is 4.45. The lowest BCUT2D eigenvalue weighted by molar-refractivity contribution is 0.421. The summed E-state index contributed by atoms with van der Waals surface area (Å²) in [6.07, 6.45) is 6.64. The quantitative estimate of drug-likeness (QED) is 0.580. The van der Waals surface area contributed by atoms with Gasteiger partial charge in [0.15, 0.2) is 5.82 Å². The molecule has 0 atom stereocenters. The van der Waals surface area contributed by atoms with Crippen molar-refractivity contribution in [3.8, 4) is 17.3 Å². The lowest BCUT2D eigenvalue weighted by Gasteiger charge is -2.08. The van der Waals surface area contributed by atoms with Gasteiger partial charge in [0, 0.05) is 42.6 Å². The summed E-state index contributed by atoms with van der Waals surface area (Å²) in [5.41, 5.74) is 3.20. The number of aromatic nitrogens is 4. The van der Waals surface area contributed by atoms with Crippen molar-refractivity contribution in [2.24, 2.45) is 7.05 Å². The van der Waals surface area contributed by atoms with Gasteiger partial charge in [-0.3, -0.25) is 4.57 Å². The van der Waals surface area contributed by atoms with Gasteiger partial charge in [0.2, 0.25) is 5.76 Å². The second kappa shape index (κ2) is 4.87. The van der Waals surface area contributed by atoms with Crippen LogP contribution >= 0.6 is 0 Å². The van der Waals surface area contributed by atoms with Crippen molar-refractivity contribution < 1.29 is 4.52 Å². The van der Waals surface area contributed by atoms with Gasteiger partial charge >= 0.3 is 0 Å². The lowest BCUT2D eigenvalue weighted by Crippen LogP contribution is -1.96. The van der Waals surface area contributed by atoms with Gasteiger partial charge in [-0.15, -0.1) is 0 Å². The van der Waals surface area contributed by atoms with Crippen LogP contribution in [0.2, 0.25) is 0 Å². The van der Waals surface area contributed by atoms with E-state index in [0.717, 1.165) is 23.6 Å². The number of benzene rings is 1. The van der Waals surface area contributed by atoms with E-state index in [4.69, 9.17) is 4.52 Å². The first-order valence-electron chi connectivity index (χ1n) is 7.31. The summed E-state index contributed by atoms with van der Waals surface area (Å²) in [6, 6.07) is 10.3. The molecule has 0 aliphatic heterocycles. The smallest absolute Gasteiger partial charge is 0.202 e. The van der Waals surface area contributed by atoms with Crippen LogP contribution in [0.1, 0.15) is 12.6 Å². The summed E-state index contributed by atoms with van der Waals surface area (Å²) in [6.45, 7) is 2.05. The number of aryl methyl sites for hydroxylation is 2. The second-order valence-corrected chi connectivity index (χ2v) is 5.29. The minimum atomic E-state index is 0.690. The van der Waals surface area contributed by atoms with Crippen molar-refractivity contribution in [3.05, 3.63) is 54.6 Å². The van der Waals surface area contributed by atoms with Gasteiger partial charge in [-0.05, 0) is 24.6 Å². The molecule has 0 aliphatic carbocycles. The van der Waals surface area contributed by atoms with Crippen LogP contribution in [0.4, 0.5) is 0 Å². The van der Waals surface area contributed by atoms with Gasteiger partial charge in [0.25, 0.3) is 0 Å². The van der Waals surface area contributed by atoms with Gasteiger partial charge in [-0.25, -0.2) is 4.98 Å². The maximum Gasteiger partial charge on any atom is 0.202 e. The minimum absolute atomic E-state index is 0.690. The molecule has 1 aromatic carbocycles. The van der Waals surface area contributed by atoms with Gasteiger partial charge in [-0.2, -0.15) is 0 Å². The molecular weight excluding hydrogens is 276 g/mol. The summed E-state index contributed by atoms with van der Waals surface area (Å²) in [7, 11) is 2.05. The third-order valence-electron chi connectivity index (χ3n) is 3.95. The normalized spacial score (nSPS) is 11.4. The standard InChI is InChI=1S/C17H16N4O/c1-3-12-11-16(22-19-12)17-18-8-10-21(17)15-6-4-5-14-13(15)7-9-20(14)2/h4-11H,3H2,1-2H3. The number of hydrogen-bond acceptors (Lipinski definition) is 3. The Balaban J connectivity index is 1.91. The molecule has 22 heavy (non-hydrogen) atoms. The van der Waals surface area contributed by atoms with E-state index in [0.29, 0.717) is 5.76 Å². The Morgan fingerprint density at radius 3 is 2.91 bits per heavy atom. The molecule has 110 valence electrons. The third-order valence-corrected chi connectivity index (χ3v) is 3.95. The Kier molecular flexibility index (Phi) is 2.85. The number of rotatable bonds is 3. The zero-order valence-electron chi connectivity index (χ0n) is 12.5. The average molecular weight is 292 g/mol.